The monoisotopic (exact) mass is 389 g/mol. The van der Waals surface area contributed by atoms with Gasteiger partial charge in [0, 0.05) is 19.2 Å². The van der Waals surface area contributed by atoms with E-state index in [4.69, 9.17) is 11.6 Å². The Kier molecular flexibility index (Phi) is 7.19. The van der Waals surface area contributed by atoms with E-state index in [9.17, 15) is 14.4 Å². The van der Waals surface area contributed by atoms with Crippen molar-refractivity contribution in [3.8, 4) is 0 Å². The summed E-state index contributed by atoms with van der Waals surface area (Å²) >= 11 is 6.02. The number of methoxy groups -OCH3 is 1. The van der Waals surface area contributed by atoms with Gasteiger partial charge in [-0.05, 0) is 23.8 Å². The maximum atomic E-state index is 12.7. The van der Waals surface area contributed by atoms with E-state index in [2.05, 4.69) is 20.7 Å². The van der Waals surface area contributed by atoms with Crippen molar-refractivity contribution in [1.29, 1.82) is 0 Å². The molecular weight excluding hydrogens is 370 g/mol. The zero-order valence-electron chi connectivity index (χ0n) is 14.9. The van der Waals surface area contributed by atoms with E-state index in [-0.39, 0.29) is 22.9 Å². The van der Waals surface area contributed by atoms with Gasteiger partial charge in [-0.25, -0.2) is 4.79 Å². The van der Waals surface area contributed by atoms with Gasteiger partial charge >= 0.3 is 6.09 Å². The highest BCUT2D eigenvalue weighted by Gasteiger charge is 2.22. The Morgan fingerprint density at radius 3 is 2.44 bits per heavy atom. The molecule has 1 unspecified atom stereocenters. The lowest BCUT2D eigenvalue weighted by Crippen LogP contribution is -2.45. The van der Waals surface area contributed by atoms with Crippen LogP contribution in [-0.2, 0) is 16.0 Å². The predicted octanol–water partition coefficient (Wildman–Crippen LogP) is 2.61. The average Bonchev–Trinajstić information content (AvgIpc) is 2.68. The molecule has 0 fully saturated rings. The van der Waals surface area contributed by atoms with Crippen molar-refractivity contribution >= 4 is 35.2 Å². The summed E-state index contributed by atoms with van der Waals surface area (Å²) in [6.45, 7) is 0. The molecule has 0 aliphatic rings. The highest BCUT2D eigenvalue weighted by atomic mass is 35.5. The number of ether oxygens (including phenoxy) is 1. The van der Waals surface area contributed by atoms with Gasteiger partial charge < -0.3 is 20.7 Å². The van der Waals surface area contributed by atoms with Crippen molar-refractivity contribution in [2.24, 2.45) is 0 Å². The first-order valence-corrected chi connectivity index (χ1v) is 8.53. The maximum Gasteiger partial charge on any atom is 0.407 e. The largest absolute Gasteiger partial charge is 0.453 e. The van der Waals surface area contributed by atoms with Crippen molar-refractivity contribution in [1.82, 2.24) is 10.6 Å². The molecule has 0 radical (unpaired) electrons. The Morgan fingerprint density at radius 2 is 1.81 bits per heavy atom. The van der Waals surface area contributed by atoms with Crippen molar-refractivity contribution < 1.29 is 19.1 Å². The molecule has 3 N–H and O–H groups in total. The fraction of sp³-hybridized carbons (Fsp3) is 0.211. The molecule has 0 spiro atoms. The molecule has 2 rings (SSSR count). The summed E-state index contributed by atoms with van der Waals surface area (Å²) in [5, 5.41) is 7.95. The van der Waals surface area contributed by atoms with Crippen LogP contribution in [0.1, 0.15) is 15.9 Å². The lowest BCUT2D eigenvalue weighted by Gasteiger charge is -2.18. The zero-order valence-corrected chi connectivity index (χ0v) is 15.7. The number of anilines is 1. The van der Waals surface area contributed by atoms with Gasteiger partial charge in [-0.2, -0.15) is 0 Å². The van der Waals surface area contributed by atoms with Crippen LogP contribution in [0.25, 0.3) is 0 Å². The van der Waals surface area contributed by atoms with Gasteiger partial charge in [-0.15, -0.1) is 0 Å². The normalized spacial score (nSPS) is 11.2. The van der Waals surface area contributed by atoms with Gasteiger partial charge in [0.1, 0.15) is 6.04 Å². The molecule has 0 heterocycles. The van der Waals surface area contributed by atoms with E-state index >= 15 is 0 Å². The third-order valence-corrected chi connectivity index (χ3v) is 4.11. The second-order valence-electron chi connectivity index (χ2n) is 5.64. The van der Waals surface area contributed by atoms with E-state index in [1.54, 1.807) is 6.07 Å². The summed E-state index contributed by atoms with van der Waals surface area (Å²) in [5.74, 6) is -0.820. The third-order valence-electron chi connectivity index (χ3n) is 3.78. The average molecular weight is 390 g/mol. The molecule has 0 bridgehead atoms. The van der Waals surface area contributed by atoms with Crippen molar-refractivity contribution in [3.63, 3.8) is 0 Å². The number of benzene rings is 2. The smallest absolute Gasteiger partial charge is 0.407 e. The van der Waals surface area contributed by atoms with E-state index in [1.807, 2.05) is 30.3 Å². The minimum Gasteiger partial charge on any atom is -0.453 e. The second-order valence-corrected chi connectivity index (χ2v) is 6.05. The summed E-state index contributed by atoms with van der Waals surface area (Å²) in [6.07, 6.45) is -0.439. The number of amides is 3. The lowest BCUT2D eigenvalue weighted by atomic mass is 10.1. The topological polar surface area (TPSA) is 96.5 Å². The highest BCUT2D eigenvalue weighted by Crippen LogP contribution is 2.21. The molecule has 0 aliphatic carbocycles. The second kappa shape index (κ2) is 9.59. The van der Waals surface area contributed by atoms with Crippen LogP contribution in [0.3, 0.4) is 0 Å². The SMILES string of the molecule is CNC(=O)c1cc(NC(=O)C(Cc2ccccc2)NC(=O)OC)ccc1Cl. The number of hydrogen-bond donors (Lipinski definition) is 3. The lowest BCUT2D eigenvalue weighted by molar-refractivity contribution is -0.118. The quantitative estimate of drug-likeness (QED) is 0.707. The zero-order chi connectivity index (χ0) is 19.8. The van der Waals surface area contributed by atoms with Crippen LogP contribution in [0.2, 0.25) is 5.02 Å². The Labute approximate surface area is 162 Å². The Balaban J connectivity index is 2.19. The molecule has 1 atom stereocenters. The van der Waals surface area contributed by atoms with Crippen LogP contribution in [0.5, 0.6) is 0 Å². The number of carbonyl (C=O) groups excluding carboxylic acids is 3. The summed E-state index contributed by atoms with van der Waals surface area (Å²) < 4.78 is 4.60. The fourth-order valence-electron chi connectivity index (χ4n) is 2.40. The number of halogens is 1. The van der Waals surface area contributed by atoms with E-state index in [0.29, 0.717) is 5.69 Å². The predicted molar refractivity (Wildman–Crippen MR) is 103 cm³/mol. The minimum atomic E-state index is -0.862. The molecule has 27 heavy (non-hydrogen) atoms. The standard InChI is InChI=1S/C19H20ClN3O4/c1-21-17(24)14-11-13(8-9-15(14)20)22-18(25)16(23-19(26)27-2)10-12-6-4-3-5-7-12/h3-9,11,16H,10H2,1-2H3,(H,21,24)(H,22,25)(H,23,26). The molecule has 3 amide bonds. The molecule has 0 aliphatic heterocycles. The van der Waals surface area contributed by atoms with Gasteiger partial charge in [-0.1, -0.05) is 41.9 Å². The molecule has 8 heteroatoms. The molecule has 0 aromatic heterocycles. The van der Waals surface area contributed by atoms with Gasteiger partial charge in [0.25, 0.3) is 5.91 Å². The molecule has 0 saturated heterocycles. The van der Waals surface area contributed by atoms with E-state index < -0.39 is 18.0 Å². The van der Waals surface area contributed by atoms with Crippen LogP contribution < -0.4 is 16.0 Å². The molecule has 2 aromatic carbocycles. The molecule has 7 nitrogen and oxygen atoms in total. The first kappa shape index (κ1) is 20.3. The van der Waals surface area contributed by atoms with Gasteiger partial charge in [0.05, 0.1) is 17.7 Å². The third kappa shape index (κ3) is 5.72. The van der Waals surface area contributed by atoms with Crippen LogP contribution in [0.4, 0.5) is 10.5 Å². The number of carbonyl (C=O) groups is 3. The highest BCUT2D eigenvalue weighted by molar-refractivity contribution is 6.34. The Hall–Kier alpha value is -3.06. The maximum absolute atomic E-state index is 12.7. The summed E-state index contributed by atoms with van der Waals surface area (Å²) in [4.78, 5) is 36.2. The van der Waals surface area contributed by atoms with Crippen molar-refractivity contribution in [2.45, 2.75) is 12.5 Å². The van der Waals surface area contributed by atoms with Gasteiger partial charge in [-0.3, -0.25) is 9.59 Å². The molecule has 0 saturated carbocycles. The Morgan fingerprint density at radius 1 is 1.11 bits per heavy atom. The number of rotatable bonds is 6. The van der Waals surface area contributed by atoms with Crippen molar-refractivity contribution in [3.05, 3.63) is 64.7 Å². The van der Waals surface area contributed by atoms with E-state index in [0.717, 1.165) is 5.56 Å². The number of hydrogen-bond acceptors (Lipinski definition) is 4. The van der Waals surface area contributed by atoms with Crippen LogP contribution in [-0.4, -0.2) is 38.1 Å². The first-order valence-electron chi connectivity index (χ1n) is 8.15. The Bertz CT molecular complexity index is 827. The fourth-order valence-corrected chi connectivity index (χ4v) is 2.60. The van der Waals surface area contributed by atoms with Crippen LogP contribution in [0.15, 0.2) is 48.5 Å². The van der Waals surface area contributed by atoms with Gasteiger partial charge in [0.15, 0.2) is 0 Å². The van der Waals surface area contributed by atoms with Crippen LogP contribution >= 0.6 is 11.6 Å². The minimum absolute atomic E-state index is 0.234. The van der Waals surface area contributed by atoms with E-state index in [1.165, 1.54) is 26.3 Å². The summed E-state index contributed by atoms with van der Waals surface area (Å²) in [7, 11) is 2.71. The molecular formula is C19H20ClN3O4. The first-order chi connectivity index (χ1) is 12.9. The number of nitrogens with one attached hydrogen (secondary N) is 3. The summed E-state index contributed by atoms with van der Waals surface area (Å²) in [6, 6.07) is 13.0. The van der Waals surface area contributed by atoms with Crippen molar-refractivity contribution in [2.75, 3.05) is 19.5 Å². The molecule has 142 valence electrons. The number of alkyl carbamates (subject to hydrolysis) is 1. The van der Waals surface area contributed by atoms with Crippen LogP contribution in [0, 0.1) is 0 Å². The van der Waals surface area contributed by atoms with Gasteiger partial charge in [0.2, 0.25) is 5.91 Å². The molecule has 2 aromatic rings. The summed E-state index contributed by atoms with van der Waals surface area (Å²) in [5.41, 5.74) is 1.49.